The molecule has 0 radical (unpaired) electrons. The minimum atomic E-state index is -0.555. The maximum absolute atomic E-state index is 12.5. The summed E-state index contributed by atoms with van der Waals surface area (Å²) in [6, 6.07) is 10.7. The number of rotatable bonds is 2. The molecule has 0 saturated carbocycles. The summed E-state index contributed by atoms with van der Waals surface area (Å²) >= 11 is 0. The molecule has 2 aromatic carbocycles. The molecule has 0 aliphatic heterocycles. The third-order valence-electron chi connectivity index (χ3n) is 2.30. The van der Waals surface area contributed by atoms with Gasteiger partial charge in [0, 0.05) is 13.0 Å². The maximum atomic E-state index is 12.5. The Bertz CT molecular complexity index is 608. The Morgan fingerprint density at radius 2 is 1.67 bits per heavy atom. The largest absolute Gasteiger partial charge is 0.291 e. The van der Waals surface area contributed by atoms with E-state index >= 15 is 0 Å². The average Bonchev–Trinajstić information content (AvgIpc) is 2.47. The zero-order valence-electron chi connectivity index (χ0n) is 11.1. The van der Waals surface area contributed by atoms with E-state index in [0.29, 0.717) is 10.8 Å². The number of amides is 1. The fraction of sp³-hybridized carbons (Fsp3) is 0.0714. The number of nitrogens with one attached hydrogen (secondary N) is 1. The summed E-state index contributed by atoms with van der Waals surface area (Å²) in [7, 11) is 0. The molecular formula is C14H14F2N2O3. The Balaban J connectivity index is 0.000000219. The Labute approximate surface area is 120 Å². The highest BCUT2D eigenvalue weighted by atomic mass is 19.1. The van der Waals surface area contributed by atoms with Crippen LogP contribution in [-0.2, 0) is 4.79 Å². The Kier molecular flexibility index (Phi) is 6.25. The van der Waals surface area contributed by atoms with Crippen LogP contribution in [0.3, 0.4) is 0 Å². The van der Waals surface area contributed by atoms with Crippen molar-refractivity contribution in [2.24, 2.45) is 0 Å². The molecule has 2 aromatic rings. The Hall–Kier alpha value is -2.51. The number of carbonyl (C=O) groups excluding carboxylic acids is 1. The van der Waals surface area contributed by atoms with Gasteiger partial charge in [-0.15, -0.1) is 0 Å². The zero-order chi connectivity index (χ0) is 15.8. The van der Waals surface area contributed by atoms with E-state index < -0.39 is 11.7 Å². The molecule has 0 atom stereocenters. The van der Waals surface area contributed by atoms with Gasteiger partial charge in [0.05, 0.1) is 11.4 Å². The lowest BCUT2D eigenvalue weighted by atomic mass is 10.3. The van der Waals surface area contributed by atoms with Crippen molar-refractivity contribution in [2.75, 3.05) is 10.5 Å². The lowest BCUT2D eigenvalue weighted by molar-refractivity contribution is -0.121. The lowest BCUT2D eigenvalue weighted by Crippen LogP contribution is -2.23. The molecule has 112 valence electrons. The molecule has 0 bridgehead atoms. The van der Waals surface area contributed by atoms with Crippen LogP contribution in [0.4, 0.5) is 20.2 Å². The first-order chi connectivity index (χ1) is 9.93. The van der Waals surface area contributed by atoms with Crippen LogP contribution in [0.15, 0.2) is 48.5 Å². The molecule has 0 aromatic heterocycles. The van der Waals surface area contributed by atoms with Gasteiger partial charge in [0.2, 0.25) is 5.91 Å². The van der Waals surface area contributed by atoms with Crippen LogP contribution in [-0.4, -0.2) is 16.3 Å². The van der Waals surface area contributed by atoms with Gasteiger partial charge in [-0.1, -0.05) is 12.1 Å². The fourth-order valence-corrected chi connectivity index (χ4v) is 1.35. The smallest absolute Gasteiger partial charge is 0.247 e. The first kappa shape index (κ1) is 16.5. The number of benzene rings is 2. The molecule has 21 heavy (non-hydrogen) atoms. The second-order valence-electron chi connectivity index (χ2n) is 3.93. The predicted molar refractivity (Wildman–Crippen MR) is 73.2 cm³/mol. The molecule has 0 saturated heterocycles. The number of halogens is 2. The van der Waals surface area contributed by atoms with Gasteiger partial charge in [-0.05, 0) is 30.3 Å². The number of hydrogen-bond donors (Lipinski definition) is 3. The minimum absolute atomic E-state index is 0.127. The first-order valence-corrected chi connectivity index (χ1v) is 5.85. The molecule has 5 nitrogen and oxygen atoms in total. The van der Waals surface area contributed by atoms with Gasteiger partial charge in [0.1, 0.15) is 11.6 Å². The van der Waals surface area contributed by atoms with E-state index in [0.717, 1.165) is 6.07 Å². The molecule has 0 unspecified atom stereocenters. The summed E-state index contributed by atoms with van der Waals surface area (Å²) in [5.74, 6) is -1.41. The SMILES string of the molecule is CC(=O)N(O)c1cccc(F)c1.ONc1cccc(F)c1. The van der Waals surface area contributed by atoms with Crippen LogP contribution in [0.5, 0.6) is 0 Å². The van der Waals surface area contributed by atoms with Crippen molar-refractivity contribution in [2.45, 2.75) is 6.92 Å². The van der Waals surface area contributed by atoms with E-state index in [4.69, 9.17) is 10.4 Å². The van der Waals surface area contributed by atoms with E-state index in [1.54, 1.807) is 6.07 Å². The quantitative estimate of drug-likeness (QED) is 0.588. The van der Waals surface area contributed by atoms with Crippen LogP contribution in [0, 0.1) is 11.6 Å². The molecule has 0 aliphatic carbocycles. The van der Waals surface area contributed by atoms with Gasteiger partial charge < -0.3 is 0 Å². The van der Waals surface area contributed by atoms with Gasteiger partial charge in [0.25, 0.3) is 0 Å². The van der Waals surface area contributed by atoms with E-state index in [2.05, 4.69) is 0 Å². The second-order valence-corrected chi connectivity index (χ2v) is 3.93. The first-order valence-electron chi connectivity index (χ1n) is 5.85. The minimum Gasteiger partial charge on any atom is -0.291 e. The normalized spacial score (nSPS) is 9.38. The van der Waals surface area contributed by atoms with E-state index in [1.165, 1.54) is 43.3 Å². The van der Waals surface area contributed by atoms with Gasteiger partial charge >= 0.3 is 0 Å². The van der Waals surface area contributed by atoms with Gasteiger partial charge in [-0.3, -0.25) is 20.7 Å². The van der Waals surface area contributed by atoms with E-state index in [-0.39, 0.29) is 11.5 Å². The lowest BCUT2D eigenvalue weighted by Gasteiger charge is -2.11. The van der Waals surface area contributed by atoms with Crippen LogP contribution in [0.25, 0.3) is 0 Å². The Morgan fingerprint density at radius 3 is 2.10 bits per heavy atom. The number of nitrogens with zero attached hydrogens (tertiary/aromatic N) is 1. The number of hydroxylamine groups is 1. The molecule has 0 spiro atoms. The summed E-state index contributed by atoms with van der Waals surface area (Å²) < 4.78 is 24.7. The third-order valence-corrected chi connectivity index (χ3v) is 2.30. The van der Waals surface area contributed by atoms with Gasteiger partial charge in [0.15, 0.2) is 0 Å². The Morgan fingerprint density at radius 1 is 1.10 bits per heavy atom. The average molecular weight is 296 g/mol. The van der Waals surface area contributed by atoms with Crippen LogP contribution in [0.2, 0.25) is 0 Å². The highest BCUT2D eigenvalue weighted by Gasteiger charge is 2.07. The topological polar surface area (TPSA) is 72.8 Å². The number of anilines is 2. The molecule has 2 rings (SSSR count). The van der Waals surface area contributed by atoms with Crippen molar-refractivity contribution in [1.82, 2.24) is 0 Å². The van der Waals surface area contributed by atoms with Crippen molar-refractivity contribution < 1.29 is 24.0 Å². The predicted octanol–water partition coefficient (Wildman–Crippen LogP) is 3.19. The van der Waals surface area contributed by atoms with Gasteiger partial charge in [-0.25, -0.2) is 8.78 Å². The van der Waals surface area contributed by atoms with Crippen LogP contribution < -0.4 is 10.5 Å². The fourth-order valence-electron chi connectivity index (χ4n) is 1.35. The van der Waals surface area contributed by atoms with E-state index in [1.807, 2.05) is 5.48 Å². The zero-order valence-corrected chi connectivity index (χ0v) is 11.1. The maximum Gasteiger partial charge on any atom is 0.247 e. The van der Waals surface area contributed by atoms with Crippen molar-refractivity contribution in [1.29, 1.82) is 0 Å². The number of carbonyl (C=O) groups is 1. The molecule has 0 fully saturated rings. The molecule has 0 heterocycles. The highest BCUT2D eigenvalue weighted by Crippen LogP contribution is 2.13. The molecule has 7 heteroatoms. The van der Waals surface area contributed by atoms with Crippen molar-refractivity contribution in [3.8, 4) is 0 Å². The van der Waals surface area contributed by atoms with Crippen molar-refractivity contribution >= 4 is 17.3 Å². The van der Waals surface area contributed by atoms with Crippen LogP contribution in [0.1, 0.15) is 6.92 Å². The summed E-state index contributed by atoms with van der Waals surface area (Å²) in [6.45, 7) is 1.19. The third kappa shape index (κ3) is 5.55. The summed E-state index contributed by atoms with van der Waals surface area (Å²) in [5.41, 5.74) is 2.31. The van der Waals surface area contributed by atoms with Crippen molar-refractivity contribution in [3.63, 3.8) is 0 Å². The van der Waals surface area contributed by atoms with Crippen molar-refractivity contribution in [3.05, 3.63) is 60.2 Å². The number of hydrogen-bond acceptors (Lipinski definition) is 4. The monoisotopic (exact) mass is 296 g/mol. The van der Waals surface area contributed by atoms with Gasteiger partial charge in [-0.2, -0.15) is 5.06 Å². The van der Waals surface area contributed by atoms with Crippen LogP contribution >= 0.6 is 0 Å². The standard InChI is InChI=1S/C8H8FNO2.C6H6FNO/c1-6(11)10(12)8-4-2-3-7(9)5-8;7-5-2-1-3-6(4-5)8-9/h2-5,12H,1H3;1-4,8-9H. The second kappa shape index (κ2) is 7.93. The summed E-state index contributed by atoms with van der Waals surface area (Å²) in [6.07, 6.45) is 0. The summed E-state index contributed by atoms with van der Waals surface area (Å²) in [4.78, 5) is 10.6. The summed E-state index contributed by atoms with van der Waals surface area (Å²) in [5, 5.41) is 17.7. The molecule has 1 amide bonds. The molecule has 0 aliphatic rings. The highest BCUT2D eigenvalue weighted by molar-refractivity contribution is 5.88. The molecule has 3 N–H and O–H groups in total. The van der Waals surface area contributed by atoms with E-state index in [9.17, 15) is 13.6 Å². The molecular weight excluding hydrogens is 282 g/mol.